The Kier molecular flexibility index (Phi) is 14.9. The van der Waals surface area contributed by atoms with Gasteiger partial charge in [-0.2, -0.15) is 0 Å². The first-order valence-electron chi connectivity index (χ1n) is 29.2. The number of fused-ring (bicyclic) bond motifs is 10. The van der Waals surface area contributed by atoms with Gasteiger partial charge in [0.05, 0.1) is 25.4 Å². The van der Waals surface area contributed by atoms with Crippen LogP contribution in [0.15, 0.2) is 12.1 Å². The third-order valence-electron chi connectivity index (χ3n) is 23.8. The summed E-state index contributed by atoms with van der Waals surface area (Å²) in [6.07, 6.45) is 32.9. The Labute approximate surface area is 406 Å². The van der Waals surface area contributed by atoms with Gasteiger partial charge in [-0.15, -0.1) is 0 Å². The Morgan fingerprint density at radius 3 is 1.23 bits per heavy atom. The van der Waals surface area contributed by atoms with E-state index in [0.29, 0.717) is 33.5 Å². The van der Waals surface area contributed by atoms with Gasteiger partial charge in [-0.25, -0.2) is 0 Å². The molecule has 0 radical (unpaired) electrons. The van der Waals surface area contributed by atoms with Crippen LogP contribution in [0.3, 0.4) is 0 Å². The molecule has 0 bridgehead atoms. The van der Waals surface area contributed by atoms with Crippen molar-refractivity contribution < 1.29 is 19.7 Å². The van der Waals surface area contributed by atoms with E-state index < -0.39 is 0 Å². The van der Waals surface area contributed by atoms with Gasteiger partial charge in [0.1, 0.15) is 11.5 Å². The molecule has 18 atom stereocenters. The highest BCUT2D eigenvalue weighted by molar-refractivity contribution is 5.46. The lowest BCUT2D eigenvalue weighted by atomic mass is 9.44. The number of ether oxygens (including phenoxy) is 2. The molecule has 4 nitrogen and oxygen atoms in total. The van der Waals surface area contributed by atoms with Gasteiger partial charge >= 0.3 is 0 Å². The molecule has 8 saturated carbocycles. The summed E-state index contributed by atoms with van der Waals surface area (Å²) in [7, 11) is 0. The first-order valence-corrected chi connectivity index (χ1v) is 29.2. The Hall–Kier alpha value is -1.26. The van der Waals surface area contributed by atoms with Crippen LogP contribution < -0.4 is 9.47 Å². The van der Waals surface area contributed by atoms with Crippen LogP contribution in [-0.4, -0.2) is 22.4 Å². The second kappa shape index (κ2) is 19.7. The van der Waals surface area contributed by atoms with Crippen molar-refractivity contribution in [3.05, 3.63) is 23.3 Å². The van der Waals surface area contributed by atoms with Gasteiger partial charge in [0.15, 0.2) is 0 Å². The lowest BCUT2D eigenvalue weighted by Crippen LogP contribution is -2.54. The van der Waals surface area contributed by atoms with E-state index in [1.807, 2.05) is 12.1 Å². The van der Waals surface area contributed by atoms with E-state index >= 15 is 0 Å². The smallest absolute Gasteiger partial charge is 0.125 e. The summed E-state index contributed by atoms with van der Waals surface area (Å²) in [5.41, 5.74) is 3.55. The van der Waals surface area contributed by atoms with Crippen LogP contribution in [0.5, 0.6) is 11.5 Å². The van der Waals surface area contributed by atoms with E-state index in [-0.39, 0.29) is 25.4 Å². The fourth-order valence-corrected chi connectivity index (χ4v) is 20.2. The SMILES string of the molecule is CC(C)CCC[C@@H](C)[C@H]1CCC2C3CCC4CC(Oc5cc(CO)c(OC6CC[C@@]7(C)C(CCC8C7CC[C@@]7(C)C8CC[C@@H]7[C@H](C)CCCC(C)C)C6)cc5CO)CC[C@]4(C)C3CC[C@@]21C. The quantitative estimate of drug-likeness (QED) is 0.173. The second-order valence-electron chi connectivity index (χ2n) is 27.8. The van der Waals surface area contributed by atoms with Crippen molar-refractivity contribution in [2.45, 2.75) is 249 Å². The van der Waals surface area contributed by atoms with E-state index in [9.17, 15) is 10.2 Å². The maximum absolute atomic E-state index is 10.8. The van der Waals surface area contributed by atoms with Crippen molar-refractivity contribution in [3.63, 3.8) is 0 Å². The number of aliphatic hydroxyl groups excluding tert-OH is 2. The average molecular weight is 911 g/mol. The minimum Gasteiger partial charge on any atom is -0.490 e. The standard InChI is InChI=1S/C62H102O4/c1-39(2)13-11-15-41(5)51-21-23-53-49-19-17-45-35-47(25-29-59(45,7)55(49)27-31-61(51,53)9)65-57-33-44(38-64)58(34-43(57)37-63)66-48-26-30-60(8)46(36-48)18-20-50-54-24-22-52(42(6)16-12-14-40(3)4)62(54,10)32-28-56(50)60/h33-34,39-42,45-56,63-64H,11-32,35-38H2,1-10H3/t41-,42-,45?,46?,47?,48?,49?,50?,51-,52-,53?,54?,55?,56?,59+,60+,61-,62-/m1/s1. The first kappa shape index (κ1) is 49.7. The largest absolute Gasteiger partial charge is 0.490 e. The van der Waals surface area contributed by atoms with Crippen molar-refractivity contribution in [3.8, 4) is 11.5 Å². The number of hydrogen-bond donors (Lipinski definition) is 2. The van der Waals surface area contributed by atoms with Crippen molar-refractivity contribution in [2.75, 3.05) is 0 Å². The maximum Gasteiger partial charge on any atom is 0.125 e. The molecule has 4 heteroatoms. The van der Waals surface area contributed by atoms with E-state index in [1.54, 1.807) is 0 Å². The van der Waals surface area contributed by atoms with Crippen molar-refractivity contribution in [1.82, 2.24) is 0 Å². The topological polar surface area (TPSA) is 58.9 Å². The molecule has 0 spiro atoms. The lowest BCUT2D eigenvalue weighted by Gasteiger charge is -2.61. The zero-order valence-corrected chi connectivity index (χ0v) is 44.5. The predicted octanol–water partition coefficient (Wildman–Crippen LogP) is 16.4. The van der Waals surface area contributed by atoms with Crippen molar-refractivity contribution in [2.24, 2.45) is 105 Å². The normalized spacial score (nSPS) is 43.8. The van der Waals surface area contributed by atoms with Gasteiger partial charge in [-0.3, -0.25) is 0 Å². The zero-order valence-electron chi connectivity index (χ0n) is 44.5. The molecule has 8 aliphatic carbocycles. The summed E-state index contributed by atoms with van der Waals surface area (Å²) in [5.74, 6) is 13.6. The minimum atomic E-state index is -0.0708. The maximum atomic E-state index is 10.8. The van der Waals surface area contributed by atoms with Gasteiger partial charge in [0.2, 0.25) is 0 Å². The number of hydrogen-bond acceptors (Lipinski definition) is 4. The van der Waals surface area contributed by atoms with Crippen LogP contribution in [0.2, 0.25) is 0 Å². The van der Waals surface area contributed by atoms with Crippen molar-refractivity contribution >= 4 is 0 Å². The molecule has 374 valence electrons. The minimum absolute atomic E-state index is 0.0708. The van der Waals surface area contributed by atoms with Crippen LogP contribution in [0.4, 0.5) is 0 Å². The molecular formula is C62H102O4. The summed E-state index contributed by atoms with van der Waals surface area (Å²) >= 11 is 0. The Balaban J connectivity index is 0.801. The molecule has 66 heavy (non-hydrogen) atoms. The molecular weight excluding hydrogens is 809 g/mol. The number of aliphatic hydroxyl groups is 2. The predicted molar refractivity (Wildman–Crippen MR) is 273 cm³/mol. The van der Waals surface area contributed by atoms with Crippen LogP contribution in [0.1, 0.15) is 234 Å². The summed E-state index contributed by atoms with van der Waals surface area (Å²) in [6.45, 7) is 25.5. The van der Waals surface area contributed by atoms with E-state index in [0.717, 1.165) is 119 Å². The molecule has 2 N–H and O–H groups in total. The molecule has 0 heterocycles. The van der Waals surface area contributed by atoms with Crippen molar-refractivity contribution in [1.29, 1.82) is 0 Å². The fraction of sp³-hybridized carbons (Fsp3) is 0.903. The van der Waals surface area contributed by atoms with Gasteiger partial charge in [0.25, 0.3) is 0 Å². The van der Waals surface area contributed by atoms with Gasteiger partial charge in [-0.1, -0.05) is 108 Å². The third kappa shape index (κ3) is 9.03. The second-order valence-corrected chi connectivity index (χ2v) is 27.8. The van der Waals surface area contributed by atoms with Gasteiger partial charge < -0.3 is 19.7 Å². The Morgan fingerprint density at radius 2 is 0.848 bits per heavy atom. The number of rotatable bonds is 16. The van der Waals surface area contributed by atoms with Crippen LogP contribution in [-0.2, 0) is 13.2 Å². The highest BCUT2D eigenvalue weighted by Gasteiger charge is 2.62. The number of benzene rings is 1. The summed E-state index contributed by atoms with van der Waals surface area (Å²) in [5, 5.41) is 21.6. The van der Waals surface area contributed by atoms with Gasteiger partial charge in [-0.05, 0) is 232 Å². The van der Waals surface area contributed by atoms with E-state index in [4.69, 9.17) is 9.47 Å². The molecule has 8 aliphatic rings. The van der Waals surface area contributed by atoms with E-state index in [1.165, 1.54) is 128 Å². The molecule has 1 aromatic rings. The molecule has 9 rings (SSSR count). The van der Waals surface area contributed by atoms with Crippen LogP contribution >= 0.6 is 0 Å². The fourth-order valence-electron chi connectivity index (χ4n) is 20.2. The molecule has 0 aliphatic heterocycles. The molecule has 0 aromatic heterocycles. The molecule has 0 amide bonds. The third-order valence-corrected chi connectivity index (χ3v) is 23.8. The van der Waals surface area contributed by atoms with Crippen LogP contribution in [0, 0.1) is 105 Å². The zero-order chi connectivity index (χ0) is 46.8. The molecule has 10 unspecified atom stereocenters. The van der Waals surface area contributed by atoms with Crippen LogP contribution in [0.25, 0.3) is 0 Å². The molecule has 0 saturated heterocycles. The lowest BCUT2D eigenvalue weighted by molar-refractivity contribution is -0.127. The monoisotopic (exact) mass is 911 g/mol. The van der Waals surface area contributed by atoms with Gasteiger partial charge in [0, 0.05) is 11.1 Å². The molecule has 1 aromatic carbocycles. The Bertz CT molecular complexity index is 1660. The Morgan fingerprint density at radius 1 is 0.470 bits per heavy atom. The first-order chi connectivity index (χ1) is 31.5. The highest BCUT2D eigenvalue weighted by Crippen LogP contribution is 2.70. The highest BCUT2D eigenvalue weighted by atomic mass is 16.5. The summed E-state index contributed by atoms with van der Waals surface area (Å²) < 4.78 is 13.9. The molecule has 8 fully saturated rings. The summed E-state index contributed by atoms with van der Waals surface area (Å²) in [4.78, 5) is 0. The summed E-state index contributed by atoms with van der Waals surface area (Å²) in [6, 6.07) is 4.07. The van der Waals surface area contributed by atoms with E-state index in [2.05, 4.69) is 69.2 Å². The average Bonchev–Trinajstić information content (AvgIpc) is 3.83.